The molecule has 0 unspecified atom stereocenters. The molecular formula is H19CoIN6. The van der Waals surface area contributed by atoms with Crippen LogP contribution in [0.2, 0.25) is 0 Å². The Balaban J connectivity index is 0. The maximum absolute atomic E-state index is 0. The zero-order valence-electron chi connectivity index (χ0n) is 4.98. The van der Waals surface area contributed by atoms with E-state index in [0.717, 1.165) is 0 Å². The monoisotopic (exact) mass is 289 g/mol. The first kappa shape index (κ1) is 579. The molecule has 0 saturated heterocycles. The molecule has 8 heavy (non-hydrogen) atoms. The summed E-state index contributed by atoms with van der Waals surface area (Å²) in [5, 5.41) is 0. The van der Waals surface area contributed by atoms with E-state index in [-0.39, 0.29) is 77.7 Å². The van der Waals surface area contributed by atoms with Crippen molar-refractivity contribution in [1.82, 2.24) is 36.9 Å². The van der Waals surface area contributed by atoms with Crippen molar-refractivity contribution < 1.29 is 16.8 Å². The second-order valence-electron chi connectivity index (χ2n) is 0. The van der Waals surface area contributed by atoms with Gasteiger partial charge in [-0.2, -0.15) is 0 Å². The summed E-state index contributed by atoms with van der Waals surface area (Å²) >= 11 is 0. The van der Waals surface area contributed by atoms with Crippen LogP contribution in [0.3, 0.4) is 0 Å². The van der Waals surface area contributed by atoms with Crippen LogP contribution in [-0.2, 0) is 16.8 Å². The van der Waals surface area contributed by atoms with Crippen LogP contribution in [0, 0.1) is 0 Å². The van der Waals surface area contributed by atoms with Crippen LogP contribution in [0.1, 0.15) is 0 Å². The van der Waals surface area contributed by atoms with E-state index in [9.17, 15) is 0 Å². The van der Waals surface area contributed by atoms with Crippen LogP contribution in [0.15, 0.2) is 0 Å². The van der Waals surface area contributed by atoms with E-state index in [0.29, 0.717) is 0 Å². The summed E-state index contributed by atoms with van der Waals surface area (Å²) in [4.78, 5) is 0. The molecule has 0 spiro atoms. The first-order valence-corrected chi connectivity index (χ1v) is 0. The van der Waals surface area contributed by atoms with Crippen molar-refractivity contribution in [2.75, 3.05) is 0 Å². The van der Waals surface area contributed by atoms with E-state index in [4.69, 9.17) is 0 Å². The van der Waals surface area contributed by atoms with Crippen LogP contribution in [-0.4, -0.2) is 0 Å². The molecule has 0 aliphatic rings. The fraction of sp³-hybridized carbons (Fsp3) is 0. The van der Waals surface area contributed by atoms with Crippen LogP contribution in [0.4, 0.5) is 0 Å². The Hall–Kier alpha value is 0.996. The van der Waals surface area contributed by atoms with E-state index in [1.165, 1.54) is 0 Å². The average Bonchev–Trinajstić information content (AvgIpc) is 0. The van der Waals surface area contributed by atoms with Crippen molar-refractivity contribution in [1.29, 1.82) is 0 Å². The SMILES string of the molecule is I.N.N.N.N.N.N.[Co]. The van der Waals surface area contributed by atoms with Gasteiger partial charge in [0.05, 0.1) is 0 Å². The van der Waals surface area contributed by atoms with Crippen molar-refractivity contribution in [3.63, 3.8) is 0 Å². The van der Waals surface area contributed by atoms with Crippen molar-refractivity contribution in [3.05, 3.63) is 0 Å². The molecule has 65 valence electrons. The van der Waals surface area contributed by atoms with Gasteiger partial charge in [-0.25, -0.2) is 0 Å². The Bertz CT molecular complexity index is 8.49. The minimum atomic E-state index is 0. The van der Waals surface area contributed by atoms with E-state index in [1.54, 1.807) is 0 Å². The summed E-state index contributed by atoms with van der Waals surface area (Å²) in [7, 11) is 0. The van der Waals surface area contributed by atoms with Gasteiger partial charge in [0.1, 0.15) is 0 Å². The van der Waals surface area contributed by atoms with E-state index in [1.807, 2.05) is 0 Å². The molecular weight excluding hydrogens is 270 g/mol. The van der Waals surface area contributed by atoms with Crippen molar-refractivity contribution in [2.24, 2.45) is 0 Å². The second kappa shape index (κ2) is 394. The van der Waals surface area contributed by atoms with E-state index >= 15 is 0 Å². The average molecular weight is 289 g/mol. The second-order valence-corrected chi connectivity index (χ2v) is 0. The molecule has 0 aromatic carbocycles. The molecule has 0 fully saturated rings. The molecule has 0 saturated carbocycles. The van der Waals surface area contributed by atoms with Gasteiger partial charge in [0.25, 0.3) is 0 Å². The van der Waals surface area contributed by atoms with Gasteiger partial charge in [-0.05, 0) is 0 Å². The Morgan fingerprint density at radius 3 is 0.375 bits per heavy atom. The molecule has 0 aliphatic heterocycles. The summed E-state index contributed by atoms with van der Waals surface area (Å²) < 4.78 is 0. The van der Waals surface area contributed by atoms with Gasteiger partial charge in [0.2, 0.25) is 0 Å². The Kier molecular flexibility index (Phi) is 28500. The van der Waals surface area contributed by atoms with Gasteiger partial charge in [0.15, 0.2) is 0 Å². The van der Waals surface area contributed by atoms with Crippen LogP contribution < -0.4 is 36.9 Å². The molecule has 0 amide bonds. The van der Waals surface area contributed by atoms with Crippen molar-refractivity contribution in [2.45, 2.75) is 0 Å². The van der Waals surface area contributed by atoms with Gasteiger partial charge in [0, 0.05) is 16.8 Å². The topological polar surface area (TPSA) is 210 Å². The largest absolute Gasteiger partial charge is 0.344 e. The van der Waals surface area contributed by atoms with Gasteiger partial charge in [-0.3, -0.25) is 0 Å². The molecule has 0 bridgehead atoms. The molecule has 0 aliphatic carbocycles. The Morgan fingerprint density at radius 1 is 0.375 bits per heavy atom. The molecule has 18 N–H and O–H groups in total. The number of halogens is 1. The van der Waals surface area contributed by atoms with Gasteiger partial charge >= 0.3 is 0 Å². The first-order valence-electron chi connectivity index (χ1n) is 0. The Morgan fingerprint density at radius 2 is 0.375 bits per heavy atom. The van der Waals surface area contributed by atoms with E-state index < -0.39 is 0 Å². The van der Waals surface area contributed by atoms with Crippen molar-refractivity contribution >= 4 is 24.0 Å². The van der Waals surface area contributed by atoms with Crippen LogP contribution in [0.25, 0.3) is 0 Å². The maximum atomic E-state index is 0. The zero-order valence-corrected chi connectivity index (χ0v) is 8.36. The molecule has 0 atom stereocenters. The standard InChI is InChI=1S/Co.HI.6H3N/h;1H;6*1H3. The van der Waals surface area contributed by atoms with Crippen LogP contribution >= 0.6 is 24.0 Å². The summed E-state index contributed by atoms with van der Waals surface area (Å²) in [6, 6.07) is 0. The zero-order chi connectivity index (χ0) is 0. The molecule has 0 rings (SSSR count). The summed E-state index contributed by atoms with van der Waals surface area (Å²) in [6.45, 7) is 0. The van der Waals surface area contributed by atoms with Crippen molar-refractivity contribution in [3.8, 4) is 0 Å². The molecule has 0 aromatic heterocycles. The van der Waals surface area contributed by atoms with Crippen LogP contribution in [0.5, 0.6) is 0 Å². The molecule has 8 heteroatoms. The molecule has 0 aromatic rings. The van der Waals surface area contributed by atoms with Gasteiger partial charge in [-0.1, -0.05) is 0 Å². The normalized spacial score (nSPS) is 0. The third-order valence-corrected chi connectivity index (χ3v) is 0. The predicted octanol–water partition coefficient (Wildman–Crippen LogP) is 1.59. The van der Waals surface area contributed by atoms with E-state index in [2.05, 4.69) is 0 Å². The van der Waals surface area contributed by atoms with Gasteiger partial charge in [-0.15, -0.1) is 24.0 Å². The fourth-order valence-electron chi connectivity index (χ4n) is 0. The maximum Gasteiger partial charge on any atom is 0 e. The number of hydrogen-bond donors (Lipinski definition) is 6. The minimum absolute atomic E-state index is 0. The summed E-state index contributed by atoms with van der Waals surface area (Å²) in [6.07, 6.45) is 0. The first-order chi connectivity index (χ1) is 0. The predicted molar refractivity (Wildman–Crippen MR) is 45.5 cm³/mol. The summed E-state index contributed by atoms with van der Waals surface area (Å²) in [5.74, 6) is 0. The summed E-state index contributed by atoms with van der Waals surface area (Å²) in [5.41, 5.74) is 0. The fourth-order valence-corrected chi connectivity index (χ4v) is 0. The number of rotatable bonds is 0. The minimum Gasteiger partial charge on any atom is -0.344 e. The third-order valence-electron chi connectivity index (χ3n) is 0. The Labute approximate surface area is 77.6 Å². The third kappa shape index (κ3) is 253. The smallest absolute Gasteiger partial charge is 0 e. The van der Waals surface area contributed by atoms with Gasteiger partial charge < -0.3 is 36.9 Å². The molecule has 6 nitrogen and oxygen atoms in total. The molecule has 1 radical (unpaired) electrons. The quantitative estimate of drug-likeness (QED) is 0.364. The number of hydrogen-bond acceptors (Lipinski definition) is 6. The molecule has 0 heterocycles.